The molecule has 3 rings (SSSR count). The summed E-state index contributed by atoms with van der Waals surface area (Å²) in [5, 5.41) is 4.84. The first-order valence-corrected chi connectivity index (χ1v) is 9.78. The number of nitrogens with one attached hydrogen (secondary N) is 2. The Kier molecular flexibility index (Phi) is 6.53. The number of carbonyl (C=O) groups excluding carboxylic acids is 5. The maximum Gasteiger partial charge on any atom is 0.353 e. The molecule has 0 bridgehead atoms. The first-order chi connectivity index (χ1) is 15.6. The van der Waals surface area contributed by atoms with Gasteiger partial charge in [-0.25, -0.2) is 9.69 Å². The van der Waals surface area contributed by atoms with E-state index in [2.05, 4.69) is 28.5 Å². The number of esters is 1. The third-order valence-corrected chi connectivity index (χ3v) is 4.93. The normalized spacial score (nSPS) is 12.5. The summed E-state index contributed by atoms with van der Waals surface area (Å²) in [6.45, 7) is 8.33. The maximum atomic E-state index is 13.1. The molecule has 0 fully saturated rings. The van der Waals surface area contributed by atoms with Gasteiger partial charge in [0.1, 0.15) is 11.4 Å². The summed E-state index contributed by atoms with van der Waals surface area (Å²) in [5.74, 6) is -3.34. The minimum absolute atomic E-state index is 0.144. The van der Waals surface area contributed by atoms with Crippen molar-refractivity contribution in [3.8, 4) is 11.1 Å². The Morgan fingerprint density at radius 2 is 1.64 bits per heavy atom. The van der Waals surface area contributed by atoms with Gasteiger partial charge in [0.15, 0.2) is 0 Å². The monoisotopic (exact) mass is 447 g/mol. The van der Waals surface area contributed by atoms with Gasteiger partial charge in [-0.15, -0.1) is 0 Å². The van der Waals surface area contributed by atoms with E-state index in [-0.39, 0.29) is 23.6 Å². The van der Waals surface area contributed by atoms with Gasteiger partial charge in [-0.05, 0) is 34.9 Å². The summed E-state index contributed by atoms with van der Waals surface area (Å²) in [7, 11) is 1.12. The molecule has 4 amide bonds. The Balaban J connectivity index is 1.89. The molecule has 1 aliphatic rings. The molecule has 1 aliphatic heterocycles. The molecular formula is C24H21N3O6. The van der Waals surface area contributed by atoms with Gasteiger partial charge in [-0.2, -0.15) is 0 Å². The highest BCUT2D eigenvalue weighted by Gasteiger charge is 2.36. The average Bonchev–Trinajstić information content (AvgIpc) is 2.78. The summed E-state index contributed by atoms with van der Waals surface area (Å²) < 4.78 is 4.46. The number of hydrogen-bond donors (Lipinski definition) is 2. The molecule has 33 heavy (non-hydrogen) atoms. The highest BCUT2D eigenvalue weighted by atomic mass is 16.5. The van der Waals surface area contributed by atoms with Crippen molar-refractivity contribution in [2.75, 3.05) is 12.4 Å². The Bertz CT molecular complexity index is 1210. The summed E-state index contributed by atoms with van der Waals surface area (Å²) >= 11 is 0. The largest absolute Gasteiger partial charge is 0.464 e. The highest BCUT2D eigenvalue weighted by molar-refractivity contribution is 6.16. The van der Waals surface area contributed by atoms with Gasteiger partial charge in [0.05, 0.1) is 13.5 Å². The fourth-order valence-electron chi connectivity index (χ4n) is 3.41. The van der Waals surface area contributed by atoms with Crippen LogP contribution in [0.1, 0.15) is 22.8 Å². The van der Waals surface area contributed by atoms with Crippen LogP contribution in [0.15, 0.2) is 67.0 Å². The van der Waals surface area contributed by atoms with E-state index in [4.69, 9.17) is 0 Å². The van der Waals surface area contributed by atoms with E-state index in [1.165, 1.54) is 6.92 Å². The standard InChI is InChI=1S/C24H21N3O6/c1-13(24(32)33-4)25-22(30)14(2)27-21(29)12-20-18(6-5-7-19(20)23(27)31)16-8-10-17(11-9-16)26-15(3)28/h5-11H,1-2,12H2,3-4H3,(H,25,30)(H,26,28). The van der Waals surface area contributed by atoms with Gasteiger partial charge in [0, 0.05) is 18.2 Å². The Hall–Kier alpha value is -4.53. The van der Waals surface area contributed by atoms with E-state index >= 15 is 0 Å². The third-order valence-electron chi connectivity index (χ3n) is 4.93. The molecule has 2 aromatic rings. The van der Waals surface area contributed by atoms with E-state index in [0.29, 0.717) is 21.7 Å². The van der Waals surface area contributed by atoms with Gasteiger partial charge >= 0.3 is 5.97 Å². The number of amides is 4. The molecule has 2 N–H and O–H groups in total. The Morgan fingerprint density at radius 3 is 2.24 bits per heavy atom. The lowest BCUT2D eigenvalue weighted by molar-refractivity contribution is -0.137. The van der Waals surface area contributed by atoms with Crippen molar-refractivity contribution >= 4 is 35.3 Å². The zero-order chi connectivity index (χ0) is 24.3. The number of methoxy groups -OCH3 is 1. The molecular weight excluding hydrogens is 426 g/mol. The first kappa shape index (κ1) is 23.1. The minimum atomic E-state index is -0.930. The smallest absolute Gasteiger partial charge is 0.353 e. The Labute approximate surface area is 189 Å². The van der Waals surface area contributed by atoms with E-state index in [1.807, 2.05) is 0 Å². The molecule has 2 aromatic carbocycles. The number of hydrogen-bond acceptors (Lipinski definition) is 6. The fourth-order valence-corrected chi connectivity index (χ4v) is 3.41. The molecule has 0 aliphatic carbocycles. The predicted octanol–water partition coefficient (Wildman–Crippen LogP) is 2.15. The Morgan fingerprint density at radius 1 is 1.00 bits per heavy atom. The lowest BCUT2D eigenvalue weighted by Crippen LogP contribution is -2.46. The van der Waals surface area contributed by atoms with E-state index < -0.39 is 29.4 Å². The zero-order valence-corrected chi connectivity index (χ0v) is 18.1. The van der Waals surface area contributed by atoms with Crippen LogP contribution in [0.25, 0.3) is 11.1 Å². The van der Waals surface area contributed by atoms with Crippen LogP contribution in [-0.4, -0.2) is 41.6 Å². The van der Waals surface area contributed by atoms with Crippen LogP contribution in [-0.2, 0) is 30.3 Å². The van der Waals surface area contributed by atoms with Gasteiger partial charge in [-0.1, -0.05) is 37.4 Å². The van der Waals surface area contributed by atoms with Crippen LogP contribution in [0.3, 0.4) is 0 Å². The minimum Gasteiger partial charge on any atom is -0.464 e. The van der Waals surface area contributed by atoms with Crippen LogP contribution in [0.4, 0.5) is 5.69 Å². The molecule has 168 valence electrons. The first-order valence-electron chi connectivity index (χ1n) is 9.78. The number of rotatable bonds is 6. The van der Waals surface area contributed by atoms with Crippen molar-refractivity contribution in [3.63, 3.8) is 0 Å². The molecule has 0 atom stereocenters. The number of carbonyl (C=O) groups is 5. The second-order valence-electron chi connectivity index (χ2n) is 7.17. The number of imide groups is 1. The topological polar surface area (TPSA) is 122 Å². The second-order valence-corrected chi connectivity index (χ2v) is 7.17. The number of ether oxygens (including phenoxy) is 1. The molecule has 0 unspecified atom stereocenters. The predicted molar refractivity (Wildman–Crippen MR) is 120 cm³/mol. The summed E-state index contributed by atoms with van der Waals surface area (Å²) in [4.78, 5) is 61.7. The van der Waals surface area contributed by atoms with Gasteiger partial charge in [0.2, 0.25) is 11.8 Å². The maximum absolute atomic E-state index is 13.1. The van der Waals surface area contributed by atoms with E-state index in [1.54, 1.807) is 42.5 Å². The number of benzene rings is 2. The summed E-state index contributed by atoms with van der Waals surface area (Å²) in [5.41, 5.74) is 2.02. The fraction of sp³-hybridized carbons (Fsp3) is 0.125. The molecule has 0 aromatic heterocycles. The van der Waals surface area contributed by atoms with Crippen molar-refractivity contribution in [3.05, 3.63) is 78.1 Å². The molecule has 0 radical (unpaired) electrons. The molecule has 0 saturated carbocycles. The zero-order valence-electron chi connectivity index (χ0n) is 18.1. The van der Waals surface area contributed by atoms with Crippen LogP contribution < -0.4 is 10.6 Å². The lowest BCUT2D eigenvalue weighted by Gasteiger charge is -2.29. The lowest BCUT2D eigenvalue weighted by atomic mass is 9.89. The highest BCUT2D eigenvalue weighted by Crippen LogP contribution is 2.32. The SMILES string of the molecule is C=C(NC(=O)C(=C)N1C(=O)Cc2c(cccc2-c2ccc(NC(C)=O)cc2)C1=O)C(=O)OC. The van der Waals surface area contributed by atoms with E-state index in [0.717, 1.165) is 12.7 Å². The van der Waals surface area contributed by atoms with Gasteiger partial charge < -0.3 is 15.4 Å². The van der Waals surface area contributed by atoms with Gasteiger partial charge in [-0.3, -0.25) is 19.2 Å². The summed E-state index contributed by atoms with van der Waals surface area (Å²) in [6, 6.07) is 12.0. The van der Waals surface area contributed by atoms with Crippen molar-refractivity contribution in [2.24, 2.45) is 0 Å². The molecule has 0 spiro atoms. The van der Waals surface area contributed by atoms with Crippen molar-refractivity contribution in [1.82, 2.24) is 10.2 Å². The third kappa shape index (κ3) is 4.72. The number of nitrogens with zero attached hydrogens (tertiary/aromatic N) is 1. The van der Waals surface area contributed by atoms with Crippen LogP contribution in [0.5, 0.6) is 0 Å². The molecule has 9 heteroatoms. The van der Waals surface area contributed by atoms with Crippen molar-refractivity contribution < 1.29 is 28.7 Å². The van der Waals surface area contributed by atoms with Crippen LogP contribution >= 0.6 is 0 Å². The quantitative estimate of drug-likeness (QED) is 0.398. The van der Waals surface area contributed by atoms with Gasteiger partial charge in [0.25, 0.3) is 11.8 Å². The summed E-state index contributed by atoms with van der Waals surface area (Å²) in [6.07, 6.45) is -0.144. The molecule has 1 heterocycles. The second kappa shape index (κ2) is 9.31. The van der Waals surface area contributed by atoms with Crippen LogP contribution in [0, 0.1) is 0 Å². The number of anilines is 1. The van der Waals surface area contributed by atoms with Crippen molar-refractivity contribution in [2.45, 2.75) is 13.3 Å². The molecule has 9 nitrogen and oxygen atoms in total. The van der Waals surface area contributed by atoms with Crippen LogP contribution in [0.2, 0.25) is 0 Å². The van der Waals surface area contributed by atoms with E-state index in [9.17, 15) is 24.0 Å². The number of fused-ring (bicyclic) bond motifs is 1. The van der Waals surface area contributed by atoms with Crippen molar-refractivity contribution in [1.29, 1.82) is 0 Å². The average molecular weight is 447 g/mol. The molecule has 0 saturated heterocycles.